The minimum atomic E-state index is 0.371. The molecule has 0 amide bonds. The lowest BCUT2D eigenvalue weighted by molar-refractivity contribution is -0.00518. The molecule has 4 fully saturated rings. The molecule has 1 aromatic heterocycles. The van der Waals surface area contributed by atoms with E-state index in [0.717, 1.165) is 45.6 Å². The summed E-state index contributed by atoms with van der Waals surface area (Å²) in [7, 11) is 0. The van der Waals surface area contributed by atoms with Crippen LogP contribution in [0.1, 0.15) is 49.7 Å². The topological polar surface area (TPSA) is 62.5 Å². The van der Waals surface area contributed by atoms with E-state index in [1.165, 1.54) is 44.1 Å². The van der Waals surface area contributed by atoms with Crippen molar-refractivity contribution in [2.24, 2.45) is 17.8 Å². The van der Waals surface area contributed by atoms with Gasteiger partial charge in [-0.25, -0.2) is 15.0 Å². The Balaban J connectivity index is 1.19. The Kier molecular flexibility index (Phi) is 6.00. The summed E-state index contributed by atoms with van der Waals surface area (Å²) in [6.45, 7) is 0. The van der Waals surface area contributed by atoms with Crippen LogP contribution in [0.4, 0.5) is 0 Å². The first kappa shape index (κ1) is 25.1. The third kappa shape index (κ3) is 4.50. The summed E-state index contributed by atoms with van der Waals surface area (Å²) in [5.74, 6) is 4.77. The van der Waals surface area contributed by atoms with Gasteiger partial charge < -0.3 is 0 Å². The molecule has 4 heteroatoms. The lowest BCUT2D eigenvalue weighted by Crippen LogP contribution is -2.48. The molecular weight excluding hydrogens is 512 g/mol. The van der Waals surface area contributed by atoms with E-state index in [2.05, 4.69) is 42.5 Å². The lowest BCUT2D eigenvalue weighted by Gasteiger charge is -2.57. The Labute approximate surface area is 247 Å². The van der Waals surface area contributed by atoms with E-state index in [1.807, 2.05) is 66.7 Å². The van der Waals surface area contributed by atoms with Crippen LogP contribution in [0.5, 0.6) is 0 Å². The number of nitriles is 1. The second-order valence-corrected chi connectivity index (χ2v) is 12.7. The van der Waals surface area contributed by atoms with E-state index in [0.29, 0.717) is 28.5 Å². The summed E-state index contributed by atoms with van der Waals surface area (Å²) >= 11 is 0. The monoisotopic (exact) mass is 544 g/mol. The van der Waals surface area contributed by atoms with Crippen LogP contribution in [0.25, 0.3) is 45.3 Å². The van der Waals surface area contributed by atoms with E-state index in [9.17, 15) is 5.26 Å². The summed E-state index contributed by atoms with van der Waals surface area (Å²) in [5, 5.41) is 9.39. The number of hydrogen-bond acceptors (Lipinski definition) is 4. The van der Waals surface area contributed by atoms with Crippen molar-refractivity contribution in [1.29, 1.82) is 5.26 Å². The van der Waals surface area contributed by atoms with Crippen LogP contribution in [0, 0.1) is 29.1 Å². The Morgan fingerprint density at radius 3 is 1.64 bits per heavy atom. The molecule has 204 valence electrons. The molecule has 0 aliphatic heterocycles. The fourth-order valence-corrected chi connectivity index (χ4v) is 8.39. The summed E-state index contributed by atoms with van der Waals surface area (Å²) in [4.78, 5) is 14.9. The van der Waals surface area contributed by atoms with Crippen molar-refractivity contribution in [2.75, 3.05) is 0 Å². The molecule has 9 rings (SSSR count). The standard InChI is InChI=1S/C38H32N4/c39-24-25-6-4-9-31(19-25)32-10-5-11-33(20-32)37-41-35(29-7-2-1-3-8-29)40-36(42-37)30-12-14-34(15-13-30)38-21-26-16-27(22-38)18-28(17-26)23-38/h1-15,19-20,26-28H,16-18,21-23H2. The highest BCUT2D eigenvalue weighted by Gasteiger charge is 2.51. The maximum atomic E-state index is 9.39. The number of aromatic nitrogens is 3. The molecule has 4 aliphatic rings. The second-order valence-electron chi connectivity index (χ2n) is 12.7. The van der Waals surface area contributed by atoms with Gasteiger partial charge in [0.05, 0.1) is 11.6 Å². The van der Waals surface area contributed by atoms with Gasteiger partial charge in [-0.1, -0.05) is 84.9 Å². The molecule has 4 aliphatic carbocycles. The van der Waals surface area contributed by atoms with Gasteiger partial charge in [0.1, 0.15) is 0 Å². The van der Waals surface area contributed by atoms with Gasteiger partial charge in [0.15, 0.2) is 17.5 Å². The molecule has 4 nitrogen and oxygen atoms in total. The van der Waals surface area contributed by atoms with Crippen molar-refractivity contribution in [3.8, 4) is 51.4 Å². The Bertz CT molecular complexity index is 1780. The van der Waals surface area contributed by atoms with Crippen molar-refractivity contribution < 1.29 is 0 Å². The Hall–Kier alpha value is -4.62. The van der Waals surface area contributed by atoms with Crippen LogP contribution < -0.4 is 0 Å². The summed E-state index contributed by atoms with van der Waals surface area (Å²) in [6, 6.07) is 37.5. The predicted molar refractivity (Wildman–Crippen MR) is 166 cm³/mol. The minimum absolute atomic E-state index is 0.371. The number of benzene rings is 4. The molecular formula is C38H32N4. The van der Waals surface area contributed by atoms with Crippen LogP contribution in [-0.4, -0.2) is 15.0 Å². The van der Waals surface area contributed by atoms with Crippen LogP contribution >= 0.6 is 0 Å². The molecule has 5 aromatic rings. The number of nitrogens with zero attached hydrogens (tertiary/aromatic N) is 4. The van der Waals surface area contributed by atoms with Gasteiger partial charge in [0, 0.05) is 16.7 Å². The van der Waals surface area contributed by atoms with Crippen LogP contribution in [0.15, 0.2) is 103 Å². The van der Waals surface area contributed by atoms with Gasteiger partial charge in [0.25, 0.3) is 0 Å². The maximum absolute atomic E-state index is 9.39. The van der Waals surface area contributed by atoms with Gasteiger partial charge in [-0.05, 0) is 96.6 Å². The highest BCUT2D eigenvalue weighted by atomic mass is 15.0. The summed E-state index contributed by atoms with van der Waals surface area (Å²) in [5.41, 5.74) is 7.43. The molecule has 1 heterocycles. The predicted octanol–water partition coefficient (Wildman–Crippen LogP) is 8.88. The largest absolute Gasteiger partial charge is 0.208 e. The first-order valence-electron chi connectivity index (χ1n) is 15.2. The van der Waals surface area contributed by atoms with Gasteiger partial charge in [-0.15, -0.1) is 0 Å². The van der Waals surface area contributed by atoms with E-state index in [4.69, 9.17) is 15.0 Å². The highest BCUT2D eigenvalue weighted by Crippen LogP contribution is 2.60. The lowest BCUT2D eigenvalue weighted by atomic mass is 9.48. The molecule has 4 saturated carbocycles. The van der Waals surface area contributed by atoms with Gasteiger partial charge in [0.2, 0.25) is 0 Å². The molecule has 4 bridgehead atoms. The smallest absolute Gasteiger partial charge is 0.164 e. The van der Waals surface area contributed by atoms with E-state index < -0.39 is 0 Å². The average molecular weight is 545 g/mol. The van der Waals surface area contributed by atoms with Crippen molar-refractivity contribution in [3.63, 3.8) is 0 Å². The number of hydrogen-bond donors (Lipinski definition) is 0. The average Bonchev–Trinajstić information content (AvgIpc) is 3.04. The fraction of sp³-hybridized carbons (Fsp3) is 0.263. The van der Waals surface area contributed by atoms with Gasteiger partial charge in [-0.3, -0.25) is 0 Å². The van der Waals surface area contributed by atoms with E-state index in [-0.39, 0.29) is 0 Å². The maximum Gasteiger partial charge on any atom is 0.164 e. The molecule has 0 N–H and O–H groups in total. The SMILES string of the molecule is N#Cc1cccc(-c2cccc(-c3nc(-c4ccccc4)nc(-c4ccc(C56CC7CC(CC(C7)C5)C6)cc4)n3)c2)c1. The summed E-state index contributed by atoms with van der Waals surface area (Å²) < 4.78 is 0. The van der Waals surface area contributed by atoms with Gasteiger partial charge in [-0.2, -0.15) is 5.26 Å². The van der Waals surface area contributed by atoms with Crippen molar-refractivity contribution in [2.45, 2.75) is 43.9 Å². The molecule has 0 radical (unpaired) electrons. The quantitative estimate of drug-likeness (QED) is 0.222. The molecule has 42 heavy (non-hydrogen) atoms. The molecule has 0 saturated heterocycles. The molecule has 0 atom stereocenters. The molecule has 4 aromatic carbocycles. The van der Waals surface area contributed by atoms with Crippen LogP contribution in [0.2, 0.25) is 0 Å². The Morgan fingerprint density at radius 2 is 1.02 bits per heavy atom. The molecule has 0 unspecified atom stereocenters. The highest BCUT2D eigenvalue weighted by molar-refractivity contribution is 5.73. The zero-order chi connectivity index (χ0) is 28.1. The third-order valence-corrected chi connectivity index (χ3v) is 9.91. The number of rotatable bonds is 5. The molecule has 0 spiro atoms. The van der Waals surface area contributed by atoms with E-state index in [1.54, 1.807) is 0 Å². The zero-order valence-corrected chi connectivity index (χ0v) is 23.6. The van der Waals surface area contributed by atoms with Crippen LogP contribution in [0.3, 0.4) is 0 Å². The van der Waals surface area contributed by atoms with Crippen molar-refractivity contribution in [1.82, 2.24) is 15.0 Å². The minimum Gasteiger partial charge on any atom is -0.208 e. The van der Waals surface area contributed by atoms with Crippen LogP contribution in [-0.2, 0) is 5.41 Å². The fourth-order valence-electron chi connectivity index (χ4n) is 8.39. The summed E-state index contributed by atoms with van der Waals surface area (Å²) in [6.07, 6.45) is 8.45. The van der Waals surface area contributed by atoms with E-state index >= 15 is 0 Å². The zero-order valence-electron chi connectivity index (χ0n) is 23.6. The second kappa shape index (κ2) is 10.0. The normalized spacial score (nSPS) is 23.9. The Morgan fingerprint density at radius 1 is 0.524 bits per heavy atom. The third-order valence-electron chi connectivity index (χ3n) is 9.91. The first-order valence-corrected chi connectivity index (χ1v) is 15.2. The first-order chi connectivity index (χ1) is 20.6. The van der Waals surface area contributed by atoms with Crippen molar-refractivity contribution >= 4 is 0 Å². The van der Waals surface area contributed by atoms with Crippen molar-refractivity contribution in [3.05, 3.63) is 114 Å². The van der Waals surface area contributed by atoms with Gasteiger partial charge >= 0.3 is 0 Å².